The van der Waals surface area contributed by atoms with Gasteiger partial charge in [0.05, 0.1) is 0 Å². The molecule has 86 valence electrons. The minimum Gasteiger partial charge on any atom is -0.0985 e. The van der Waals surface area contributed by atoms with E-state index >= 15 is 0 Å². The second-order valence-corrected chi connectivity index (χ2v) is 4.26. The Balaban J connectivity index is 2.86. The van der Waals surface area contributed by atoms with Crippen molar-refractivity contribution in [3.05, 3.63) is 54.1 Å². The lowest BCUT2D eigenvalue weighted by molar-refractivity contribution is 0.665. The molecule has 0 spiro atoms. The average molecular weight is 214 g/mol. The predicted octanol–water partition coefficient (Wildman–Crippen LogP) is 5.18. The van der Waals surface area contributed by atoms with Gasteiger partial charge in [-0.3, -0.25) is 0 Å². The van der Waals surface area contributed by atoms with Crippen molar-refractivity contribution in [2.24, 2.45) is 0 Å². The van der Waals surface area contributed by atoms with Crippen LogP contribution in [0.15, 0.2) is 43.0 Å². The van der Waals surface area contributed by atoms with Gasteiger partial charge >= 0.3 is 0 Å². The van der Waals surface area contributed by atoms with Gasteiger partial charge in [0.2, 0.25) is 0 Å². The molecule has 0 bridgehead atoms. The number of allylic oxidation sites excluding steroid dienone is 3. The largest absolute Gasteiger partial charge is 0.0985 e. The number of benzene rings is 1. The summed E-state index contributed by atoms with van der Waals surface area (Å²) in [5.41, 5.74) is 3.89. The van der Waals surface area contributed by atoms with Gasteiger partial charge in [-0.25, -0.2) is 0 Å². The zero-order chi connectivity index (χ0) is 12.0. The number of hydrogen-bond acceptors (Lipinski definition) is 0. The first-order valence-electron chi connectivity index (χ1n) is 6.12. The van der Waals surface area contributed by atoms with E-state index in [2.05, 4.69) is 50.8 Å². The fraction of sp³-hybridized carbons (Fsp3) is 0.375. The molecule has 0 aliphatic carbocycles. The summed E-state index contributed by atoms with van der Waals surface area (Å²) in [7, 11) is 0. The van der Waals surface area contributed by atoms with Gasteiger partial charge in [0, 0.05) is 0 Å². The third-order valence-electron chi connectivity index (χ3n) is 3.07. The van der Waals surface area contributed by atoms with Crippen LogP contribution in [0.2, 0.25) is 0 Å². The lowest BCUT2D eigenvalue weighted by Crippen LogP contribution is -1.93. The molecule has 1 atom stereocenters. The highest BCUT2D eigenvalue weighted by Gasteiger charge is 2.04. The van der Waals surface area contributed by atoms with E-state index in [1.165, 1.54) is 29.5 Å². The van der Waals surface area contributed by atoms with Crippen LogP contribution in [0.5, 0.6) is 0 Å². The molecule has 0 N–H and O–H groups in total. The lowest BCUT2D eigenvalue weighted by atomic mass is 9.94. The standard InChI is InChI=1S/C16H22/c1-5-8-13(4)15-9-11-16(12-10-15)14(6-2)7-3/h6-7,9-13H,2,5,8H2,1,3-4H3/b14-7+. The van der Waals surface area contributed by atoms with Crippen molar-refractivity contribution < 1.29 is 0 Å². The van der Waals surface area contributed by atoms with Gasteiger partial charge in [0.15, 0.2) is 0 Å². The van der Waals surface area contributed by atoms with Crippen LogP contribution in [-0.2, 0) is 0 Å². The van der Waals surface area contributed by atoms with E-state index in [1.807, 2.05) is 13.0 Å². The van der Waals surface area contributed by atoms with Gasteiger partial charge in [-0.2, -0.15) is 0 Å². The second kappa shape index (κ2) is 6.32. The zero-order valence-corrected chi connectivity index (χ0v) is 10.7. The third-order valence-corrected chi connectivity index (χ3v) is 3.07. The third kappa shape index (κ3) is 3.10. The normalized spacial score (nSPS) is 13.6. The Morgan fingerprint density at radius 3 is 2.38 bits per heavy atom. The van der Waals surface area contributed by atoms with Crippen molar-refractivity contribution in [3.63, 3.8) is 0 Å². The highest BCUT2D eigenvalue weighted by molar-refractivity contribution is 5.73. The summed E-state index contributed by atoms with van der Waals surface area (Å²) >= 11 is 0. The fourth-order valence-corrected chi connectivity index (χ4v) is 2.01. The molecule has 0 radical (unpaired) electrons. The van der Waals surface area contributed by atoms with E-state index in [-0.39, 0.29) is 0 Å². The Bertz CT molecular complexity index is 354. The predicted molar refractivity (Wildman–Crippen MR) is 73.6 cm³/mol. The van der Waals surface area contributed by atoms with Crippen LogP contribution in [0.25, 0.3) is 5.57 Å². The Morgan fingerprint density at radius 1 is 1.31 bits per heavy atom. The van der Waals surface area contributed by atoms with E-state index in [9.17, 15) is 0 Å². The van der Waals surface area contributed by atoms with Crippen molar-refractivity contribution in [2.45, 2.75) is 39.5 Å². The summed E-state index contributed by atoms with van der Waals surface area (Å²) in [6.07, 6.45) is 6.51. The molecule has 0 saturated carbocycles. The molecule has 1 unspecified atom stereocenters. The first-order chi connectivity index (χ1) is 7.72. The Kier molecular flexibility index (Phi) is 5.04. The molecule has 16 heavy (non-hydrogen) atoms. The van der Waals surface area contributed by atoms with E-state index in [4.69, 9.17) is 0 Å². The topological polar surface area (TPSA) is 0 Å². The molecule has 0 heterocycles. The summed E-state index contributed by atoms with van der Waals surface area (Å²) in [5, 5.41) is 0. The summed E-state index contributed by atoms with van der Waals surface area (Å²) in [6, 6.07) is 8.86. The van der Waals surface area contributed by atoms with Crippen LogP contribution in [0.1, 0.15) is 50.7 Å². The van der Waals surface area contributed by atoms with Crippen LogP contribution in [0.4, 0.5) is 0 Å². The molecule has 0 heteroatoms. The van der Waals surface area contributed by atoms with E-state index in [1.54, 1.807) is 0 Å². The Labute approximate surface area is 99.7 Å². The minimum atomic E-state index is 0.664. The monoisotopic (exact) mass is 214 g/mol. The summed E-state index contributed by atoms with van der Waals surface area (Å²) in [6.45, 7) is 10.4. The number of hydrogen-bond donors (Lipinski definition) is 0. The summed E-state index contributed by atoms with van der Waals surface area (Å²) < 4.78 is 0. The van der Waals surface area contributed by atoms with Crippen molar-refractivity contribution in [1.82, 2.24) is 0 Å². The second-order valence-electron chi connectivity index (χ2n) is 4.26. The van der Waals surface area contributed by atoms with E-state index < -0.39 is 0 Å². The maximum absolute atomic E-state index is 3.83. The molecule has 0 amide bonds. The van der Waals surface area contributed by atoms with Gasteiger partial charge in [-0.15, -0.1) is 0 Å². The quantitative estimate of drug-likeness (QED) is 0.592. The molecular weight excluding hydrogens is 192 g/mol. The van der Waals surface area contributed by atoms with E-state index in [0.717, 1.165) is 0 Å². The highest BCUT2D eigenvalue weighted by atomic mass is 14.1. The Morgan fingerprint density at radius 2 is 1.94 bits per heavy atom. The van der Waals surface area contributed by atoms with E-state index in [0.29, 0.717) is 5.92 Å². The average Bonchev–Trinajstić information content (AvgIpc) is 2.32. The fourth-order valence-electron chi connectivity index (χ4n) is 2.01. The molecule has 0 aromatic heterocycles. The molecule has 0 nitrogen and oxygen atoms in total. The maximum atomic E-state index is 3.83. The van der Waals surface area contributed by atoms with Crippen LogP contribution >= 0.6 is 0 Å². The minimum absolute atomic E-state index is 0.664. The number of rotatable bonds is 5. The SMILES string of the molecule is C=C/C(=C\C)c1ccc(C(C)CCC)cc1. The van der Waals surface area contributed by atoms with Crippen molar-refractivity contribution in [3.8, 4) is 0 Å². The van der Waals surface area contributed by atoms with Crippen molar-refractivity contribution >= 4 is 5.57 Å². The summed E-state index contributed by atoms with van der Waals surface area (Å²) in [4.78, 5) is 0. The molecule has 0 aliphatic rings. The summed E-state index contributed by atoms with van der Waals surface area (Å²) in [5.74, 6) is 0.664. The first-order valence-corrected chi connectivity index (χ1v) is 6.12. The van der Waals surface area contributed by atoms with Gasteiger partial charge in [0.1, 0.15) is 0 Å². The maximum Gasteiger partial charge on any atom is -0.0187 e. The first kappa shape index (κ1) is 12.8. The lowest BCUT2D eigenvalue weighted by Gasteiger charge is -2.11. The molecule has 1 rings (SSSR count). The molecular formula is C16H22. The van der Waals surface area contributed by atoms with Gasteiger partial charge in [-0.1, -0.05) is 63.3 Å². The van der Waals surface area contributed by atoms with Gasteiger partial charge in [-0.05, 0) is 36.0 Å². The molecule has 1 aromatic carbocycles. The van der Waals surface area contributed by atoms with Gasteiger partial charge < -0.3 is 0 Å². The molecule has 0 fully saturated rings. The highest BCUT2D eigenvalue weighted by Crippen LogP contribution is 2.23. The smallest absolute Gasteiger partial charge is 0.0187 e. The van der Waals surface area contributed by atoms with Crippen LogP contribution in [-0.4, -0.2) is 0 Å². The Hall–Kier alpha value is -1.30. The zero-order valence-electron chi connectivity index (χ0n) is 10.7. The molecule has 1 aromatic rings. The van der Waals surface area contributed by atoms with Crippen LogP contribution in [0, 0.1) is 0 Å². The van der Waals surface area contributed by atoms with Crippen LogP contribution in [0.3, 0.4) is 0 Å². The van der Waals surface area contributed by atoms with Gasteiger partial charge in [0.25, 0.3) is 0 Å². The molecule has 0 aliphatic heterocycles. The van der Waals surface area contributed by atoms with Crippen molar-refractivity contribution in [2.75, 3.05) is 0 Å². The van der Waals surface area contributed by atoms with Crippen molar-refractivity contribution in [1.29, 1.82) is 0 Å². The van der Waals surface area contributed by atoms with Crippen LogP contribution < -0.4 is 0 Å². The molecule has 0 saturated heterocycles.